The molecule has 6 nitrogen and oxygen atoms in total. The van der Waals surface area contributed by atoms with Gasteiger partial charge in [0.05, 0.1) is 8.49 Å². The molecule has 1 heterocycles. The zero-order valence-electron chi connectivity index (χ0n) is 11.0. The summed E-state index contributed by atoms with van der Waals surface area (Å²) in [6.07, 6.45) is 1.54. The van der Waals surface area contributed by atoms with E-state index in [1.807, 2.05) is 36.4 Å². The Morgan fingerprint density at radius 3 is 2.40 bits per heavy atom. The van der Waals surface area contributed by atoms with Gasteiger partial charge >= 0.3 is 0 Å². The van der Waals surface area contributed by atoms with Crippen molar-refractivity contribution in [2.75, 3.05) is 5.73 Å². The van der Waals surface area contributed by atoms with E-state index in [1.165, 1.54) is 30.5 Å². The quantitative estimate of drug-likeness (QED) is 0.489. The van der Waals surface area contributed by atoms with Gasteiger partial charge in [-0.05, 0) is 34.7 Å². The molecule has 106 valence electrons. The molecule has 2 aromatic rings. The van der Waals surface area contributed by atoms with E-state index in [9.17, 15) is 10.1 Å². The lowest BCUT2D eigenvalue weighted by atomic mass is 10.3. The number of halogens is 1. The van der Waals surface area contributed by atoms with Crippen molar-refractivity contribution in [3.8, 4) is 11.5 Å². The average molecular weight is 387 g/mol. The first-order chi connectivity index (χ1) is 9.58. The third kappa shape index (κ3) is 4.05. The summed E-state index contributed by atoms with van der Waals surface area (Å²) in [6, 6.07) is 7.51. The Morgan fingerprint density at radius 2 is 1.85 bits per heavy atom. The van der Waals surface area contributed by atoms with Crippen LogP contribution in [0.15, 0.2) is 36.5 Å². The van der Waals surface area contributed by atoms with E-state index in [1.54, 1.807) is 6.07 Å². The van der Waals surface area contributed by atoms with Crippen LogP contribution < -0.4 is 10.5 Å². The molecular formula is C13H14IN3O3. The highest BCUT2D eigenvalue weighted by atomic mass is 127. The lowest BCUT2D eigenvalue weighted by molar-refractivity contribution is -0.384. The molecule has 1 aromatic heterocycles. The van der Waals surface area contributed by atoms with Gasteiger partial charge in [0.15, 0.2) is 0 Å². The number of hydrogen-bond acceptors (Lipinski definition) is 5. The fourth-order valence-electron chi connectivity index (χ4n) is 1.28. The van der Waals surface area contributed by atoms with Crippen molar-refractivity contribution in [2.24, 2.45) is 0 Å². The number of non-ortho nitro benzene ring substituents is 1. The molecule has 2 N–H and O–H groups in total. The Bertz CT molecular complexity index is 588. The van der Waals surface area contributed by atoms with Crippen LogP contribution in [0.1, 0.15) is 13.8 Å². The average Bonchev–Trinajstić information content (AvgIpc) is 2.46. The summed E-state index contributed by atoms with van der Waals surface area (Å²) >= 11 is 2.03. The number of ether oxygens (including phenoxy) is 1. The van der Waals surface area contributed by atoms with Crippen LogP contribution in [0.4, 0.5) is 11.5 Å². The number of nitrogen functional groups attached to an aromatic ring is 1. The number of aromatic nitrogens is 1. The molecule has 1 aromatic carbocycles. The summed E-state index contributed by atoms with van der Waals surface area (Å²) in [5.74, 6) is 1.45. The molecule has 0 bridgehead atoms. The van der Waals surface area contributed by atoms with E-state index in [0.717, 1.165) is 0 Å². The van der Waals surface area contributed by atoms with Gasteiger partial charge in [0, 0.05) is 24.4 Å². The van der Waals surface area contributed by atoms with Gasteiger partial charge in [-0.15, -0.1) is 0 Å². The normalized spacial score (nSPS) is 9.35. The molecule has 0 saturated heterocycles. The SMILES string of the molecule is CC.Nc1nccc(Oc2ccc([N+](=O)[O-])cc2)c1I. The lowest BCUT2D eigenvalue weighted by Gasteiger charge is -2.08. The first kappa shape index (κ1) is 16.2. The topological polar surface area (TPSA) is 91.3 Å². The zero-order chi connectivity index (χ0) is 15.1. The summed E-state index contributed by atoms with van der Waals surface area (Å²) in [6.45, 7) is 4.00. The largest absolute Gasteiger partial charge is 0.456 e. The minimum atomic E-state index is -0.460. The zero-order valence-corrected chi connectivity index (χ0v) is 13.2. The van der Waals surface area contributed by atoms with Crippen molar-refractivity contribution in [3.05, 3.63) is 50.2 Å². The van der Waals surface area contributed by atoms with Crippen molar-refractivity contribution in [1.82, 2.24) is 4.98 Å². The third-order valence-corrected chi connectivity index (χ3v) is 3.24. The Morgan fingerprint density at radius 1 is 1.25 bits per heavy atom. The van der Waals surface area contributed by atoms with E-state index < -0.39 is 4.92 Å². The molecular weight excluding hydrogens is 373 g/mol. The second-order valence-electron chi connectivity index (χ2n) is 3.36. The van der Waals surface area contributed by atoms with Gasteiger partial charge in [-0.2, -0.15) is 0 Å². The first-order valence-corrected chi connectivity index (χ1v) is 6.98. The number of nitrogens with zero attached hydrogens (tertiary/aromatic N) is 2. The number of hydrogen-bond donors (Lipinski definition) is 1. The van der Waals surface area contributed by atoms with Gasteiger partial charge < -0.3 is 10.5 Å². The van der Waals surface area contributed by atoms with Crippen molar-refractivity contribution >= 4 is 34.1 Å². The molecule has 0 fully saturated rings. The molecule has 0 radical (unpaired) electrons. The molecule has 0 spiro atoms. The van der Waals surface area contributed by atoms with Crippen LogP contribution in [0, 0.1) is 13.7 Å². The molecule has 20 heavy (non-hydrogen) atoms. The van der Waals surface area contributed by atoms with E-state index in [0.29, 0.717) is 20.9 Å². The van der Waals surface area contributed by atoms with Gasteiger partial charge in [-0.1, -0.05) is 13.8 Å². The number of nitro benzene ring substituents is 1. The van der Waals surface area contributed by atoms with Crippen molar-refractivity contribution in [2.45, 2.75) is 13.8 Å². The number of anilines is 1. The minimum Gasteiger partial charge on any atom is -0.456 e. The predicted octanol–water partition coefficient (Wildman–Crippen LogP) is 4.00. The van der Waals surface area contributed by atoms with E-state index in [2.05, 4.69) is 4.98 Å². The van der Waals surface area contributed by atoms with Gasteiger partial charge in [-0.3, -0.25) is 10.1 Å². The van der Waals surface area contributed by atoms with Crippen LogP contribution in [0.2, 0.25) is 0 Å². The van der Waals surface area contributed by atoms with E-state index in [-0.39, 0.29) is 5.69 Å². The molecule has 0 unspecified atom stereocenters. The number of benzene rings is 1. The molecule has 0 saturated carbocycles. The van der Waals surface area contributed by atoms with Gasteiger partial charge in [-0.25, -0.2) is 4.98 Å². The van der Waals surface area contributed by atoms with Gasteiger partial charge in [0.1, 0.15) is 17.3 Å². The first-order valence-electron chi connectivity index (χ1n) is 5.90. The van der Waals surface area contributed by atoms with E-state index in [4.69, 9.17) is 10.5 Å². The Balaban J connectivity index is 0.000000956. The maximum atomic E-state index is 10.5. The van der Waals surface area contributed by atoms with Crippen molar-refractivity contribution in [3.63, 3.8) is 0 Å². The van der Waals surface area contributed by atoms with Crippen LogP contribution >= 0.6 is 22.6 Å². The second kappa shape index (κ2) is 7.63. The maximum absolute atomic E-state index is 10.5. The molecule has 2 rings (SSSR count). The molecule has 0 atom stereocenters. The third-order valence-electron chi connectivity index (χ3n) is 2.16. The van der Waals surface area contributed by atoms with Crippen LogP contribution in [-0.4, -0.2) is 9.91 Å². The summed E-state index contributed by atoms with van der Waals surface area (Å²) in [5.41, 5.74) is 5.67. The fourth-order valence-corrected chi connectivity index (χ4v) is 1.71. The second-order valence-corrected chi connectivity index (χ2v) is 4.44. The number of nitro groups is 1. The highest BCUT2D eigenvalue weighted by Gasteiger charge is 2.08. The highest BCUT2D eigenvalue weighted by Crippen LogP contribution is 2.29. The predicted molar refractivity (Wildman–Crippen MR) is 85.9 cm³/mol. The Hall–Kier alpha value is -1.90. The molecule has 0 aliphatic rings. The van der Waals surface area contributed by atoms with Crippen LogP contribution in [-0.2, 0) is 0 Å². The number of pyridine rings is 1. The molecule has 0 aliphatic heterocycles. The van der Waals surface area contributed by atoms with Crippen LogP contribution in [0.5, 0.6) is 11.5 Å². The monoisotopic (exact) mass is 387 g/mol. The Labute approximate surface area is 130 Å². The summed E-state index contributed by atoms with van der Waals surface area (Å²) in [4.78, 5) is 14.0. The molecule has 0 aliphatic carbocycles. The Kier molecular flexibility index (Phi) is 6.16. The standard InChI is InChI=1S/C11H8IN3O3.C2H6/c12-10-9(5-6-14-11(10)13)18-8-3-1-7(2-4-8)15(16)17;1-2/h1-6H,(H2,13,14);1-2H3. The summed E-state index contributed by atoms with van der Waals surface area (Å²) < 4.78 is 6.28. The van der Waals surface area contributed by atoms with Crippen molar-refractivity contribution < 1.29 is 9.66 Å². The lowest BCUT2D eigenvalue weighted by Crippen LogP contribution is -1.96. The van der Waals surface area contributed by atoms with Crippen LogP contribution in [0.25, 0.3) is 0 Å². The van der Waals surface area contributed by atoms with Gasteiger partial charge in [0.2, 0.25) is 0 Å². The van der Waals surface area contributed by atoms with E-state index >= 15 is 0 Å². The van der Waals surface area contributed by atoms with Crippen molar-refractivity contribution in [1.29, 1.82) is 0 Å². The molecule has 7 heteroatoms. The molecule has 0 amide bonds. The number of rotatable bonds is 3. The minimum absolute atomic E-state index is 0.0197. The van der Waals surface area contributed by atoms with Crippen LogP contribution in [0.3, 0.4) is 0 Å². The summed E-state index contributed by atoms with van der Waals surface area (Å²) in [7, 11) is 0. The summed E-state index contributed by atoms with van der Waals surface area (Å²) in [5, 5.41) is 10.5. The smallest absolute Gasteiger partial charge is 0.269 e. The fraction of sp³-hybridized carbons (Fsp3) is 0.154. The van der Waals surface area contributed by atoms with Gasteiger partial charge in [0.25, 0.3) is 5.69 Å². The highest BCUT2D eigenvalue weighted by molar-refractivity contribution is 14.1. The number of nitrogens with two attached hydrogens (primary N) is 1. The maximum Gasteiger partial charge on any atom is 0.269 e.